The number of hydrogen-bond donors (Lipinski definition) is 0. The number of unbranched alkanes of at least 4 members (excludes halogenated alkanes) is 2. The van der Waals surface area contributed by atoms with Gasteiger partial charge in [0.15, 0.2) is 0 Å². The SMILES string of the molecule is [CH2-]CCC#N.[CH2-]CCC#N.[Zn+2]. The van der Waals surface area contributed by atoms with E-state index >= 15 is 0 Å². The van der Waals surface area contributed by atoms with Crippen molar-refractivity contribution in [3.8, 4) is 12.1 Å². The van der Waals surface area contributed by atoms with Gasteiger partial charge in [0, 0.05) is 12.8 Å². The Morgan fingerprint density at radius 3 is 1.18 bits per heavy atom. The third-order valence-electron chi connectivity index (χ3n) is 0.577. The Morgan fingerprint density at radius 2 is 1.18 bits per heavy atom. The van der Waals surface area contributed by atoms with E-state index in [9.17, 15) is 0 Å². The molecule has 0 aromatic rings. The van der Waals surface area contributed by atoms with Crippen molar-refractivity contribution >= 4 is 0 Å². The van der Waals surface area contributed by atoms with Crippen molar-refractivity contribution in [1.29, 1.82) is 10.5 Å². The van der Waals surface area contributed by atoms with Crippen molar-refractivity contribution in [2.75, 3.05) is 0 Å². The molecule has 0 aromatic carbocycles. The fraction of sp³-hybridized carbons (Fsp3) is 0.500. The molecule has 0 aliphatic heterocycles. The fourth-order valence-electron chi connectivity index (χ4n) is 0.158. The van der Waals surface area contributed by atoms with Gasteiger partial charge in [-0.25, -0.2) is 0 Å². The molecule has 0 heterocycles. The zero-order valence-corrected chi connectivity index (χ0v) is 9.81. The first kappa shape index (κ1) is 16.9. The van der Waals surface area contributed by atoms with E-state index in [1.807, 2.05) is 12.1 Å². The molecule has 0 rings (SSSR count). The minimum Gasteiger partial charge on any atom is -0.342 e. The average Bonchev–Trinajstić information content (AvgIpc) is 1.93. The number of rotatable bonds is 2. The smallest absolute Gasteiger partial charge is 0.342 e. The van der Waals surface area contributed by atoms with Gasteiger partial charge in [0.25, 0.3) is 0 Å². The Hall–Kier alpha value is -0.397. The molecule has 0 bridgehead atoms. The van der Waals surface area contributed by atoms with Gasteiger partial charge in [0.05, 0.1) is 12.1 Å². The summed E-state index contributed by atoms with van der Waals surface area (Å²) in [6.45, 7) is 6.91. The first-order chi connectivity index (χ1) is 4.83. The normalized spacial score (nSPS) is 5.82. The Labute approximate surface area is 82.0 Å². The standard InChI is InChI=1S/2C4H6N.Zn/c2*1-2-3-4-5;/h2*1-3H2;/q2*-1;+2. The summed E-state index contributed by atoms with van der Waals surface area (Å²) in [5.74, 6) is 0. The van der Waals surface area contributed by atoms with E-state index in [0.29, 0.717) is 12.8 Å². The zero-order chi connectivity index (χ0) is 8.24. The molecule has 11 heavy (non-hydrogen) atoms. The maximum atomic E-state index is 7.78. The minimum absolute atomic E-state index is 0. The van der Waals surface area contributed by atoms with Gasteiger partial charge in [-0.3, -0.25) is 0 Å². The molecule has 0 N–H and O–H groups in total. The van der Waals surface area contributed by atoms with Gasteiger partial charge in [-0.2, -0.15) is 23.4 Å². The van der Waals surface area contributed by atoms with Crippen LogP contribution in [-0.2, 0) is 19.5 Å². The monoisotopic (exact) mass is 200 g/mol. The van der Waals surface area contributed by atoms with Crippen LogP contribution in [0.4, 0.5) is 0 Å². The average molecular weight is 202 g/mol. The van der Waals surface area contributed by atoms with Crippen LogP contribution in [-0.4, -0.2) is 0 Å². The summed E-state index contributed by atoms with van der Waals surface area (Å²) >= 11 is 0. The number of nitriles is 2. The zero-order valence-electron chi connectivity index (χ0n) is 6.84. The summed E-state index contributed by atoms with van der Waals surface area (Å²) < 4.78 is 0. The minimum atomic E-state index is 0. The van der Waals surface area contributed by atoms with E-state index < -0.39 is 0 Å². The molecular weight excluding hydrogens is 189 g/mol. The molecule has 0 aliphatic carbocycles. The van der Waals surface area contributed by atoms with Crippen LogP contribution in [0.15, 0.2) is 0 Å². The summed E-state index contributed by atoms with van der Waals surface area (Å²) in [5.41, 5.74) is 0. The number of nitrogens with zero attached hydrogens (tertiary/aromatic N) is 2. The third kappa shape index (κ3) is 42.8. The molecule has 0 fully saturated rings. The molecule has 0 saturated heterocycles. The van der Waals surface area contributed by atoms with Crippen LogP contribution in [0.2, 0.25) is 0 Å². The van der Waals surface area contributed by atoms with Crippen LogP contribution >= 0.6 is 0 Å². The molecule has 0 amide bonds. The van der Waals surface area contributed by atoms with E-state index in [-0.39, 0.29) is 19.5 Å². The molecular formula is C8H12N2Zn. The largest absolute Gasteiger partial charge is 2.00 e. The second kappa shape index (κ2) is 22.6. The van der Waals surface area contributed by atoms with Crippen LogP contribution in [0.1, 0.15) is 25.7 Å². The summed E-state index contributed by atoms with van der Waals surface area (Å²) in [7, 11) is 0. The second-order valence-electron chi connectivity index (χ2n) is 1.52. The Balaban J connectivity index is -0.000000107. The fourth-order valence-corrected chi connectivity index (χ4v) is 0.158. The van der Waals surface area contributed by atoms with Crippen molar-refractivity contribution in [3.05, 3.63) is 13.8 Å². The van der Waals surface area contributed by atoms with Crippen LogP contribution < -0.4 is 0 Å². The van der Waals surface area contributed by atoms with Crippen molar-refractivity contribution in [2.24, 2.45) is 0 Å². The molecule has 2 nitrogen and oxygen atoms in total. The van der Waals surface area contributed by atoms with Crippen molar-refractivity contribution in [3.63, 3.8) is 0 Å². The summed E-state index contributed by atoms with van der Waals surface area (Å²) in [6.07, 6.45) is 2.63. The van der Waals surface area contributed by atoms with E-state index in [1.165, 1.54) is 0 Å². The molecule has 0 saturated carbocycles. The van der Waals surface area contributed by atoms with Gasteiger partial charge >= 0.3 is 19.5 Å². The third-order valence-corrected chi connectivity index (χ3v) is 0.577. The van der Waals surface area contributed by atoms with E-state index in [0.717, 1.165) is 12.8 Å². The molecule has 0 radical (unpaired) electrons. The predicted octanol–water partition coefficient (Wildman–Crippen LogP) is 2.25. The first-order valence-corrected chi connectivity index (χ1v) is 3.15. The molecule has 0 unspecified atom stereocenters. The van der Waals surface area contributed by atoms with Crippen LogP contribution in [0.5, 0.6) is 0 Å². The summed E-state index contributed by atoms with van der Waals surface area (Å²) in [4.78, 5) is 0. The van der Waals surface area contributed by atoms with Gasteiger partial charge in [-0.15, -0.1) is 0 Å². The molecule has 0 aromatic heterocycles. The van der Waals surface area contributed by atoms with E-state index in [4.69, 9.17) is 10.5 Å². The summed E-state index contributed by atoms with van der Waals surface area (Å²) in [6, 6.07) is 3.91. The summed E-state index contributed by atoms with van der Waals surface area (Å²) in [5, 5.41) is 15.6. The Kier molecular flexibility index (Phi) is 34.8. The first-order valence-electron chi connectivity index (χ1n) is 3.15. The van der Waals surface area contributed by atoms with E-state index in [1.54, 1.807) is 0 Å². The van der Waals surface area contributed by atoms with Gasteiger partial charge in [-0.05, 0) is 0 Å². The topological polar surface area (TPSA) is 47.6 Å². The van der Waals surface area contributed by atoms with Crippen LogP contribution in [0.3, 0.4) is 0 Å². The van der Waals surface area contributed by atoms with E-state index in [2.05, 4.69) is 13.8 Å². The molecule has 0 atom stereocenters. The van der Waals surface area contributed by atoms with Crippen LogP contribution in [0.25, 0.3) is 0 Å². The van der Waals surface area contributed by atoms with Crippen molar-refractivity contribution < 1.29 is 19.5 Å². The van der Waals surface area contributed by atoms with Gasteiger partial charge in [0.2, 0.25) is 0 Å². The second-order valence-corrected chi connectivity index (χ2v) is 1.52. The molecule has 0 aliphatic rings. The Morgan fingerprint density at radius 1 is 0.909 bits per heavy atom. The van der Waals surface area contributed by atoms with Crippen molar-refractivity contribution in [1.82, 2.24) is 0 Å². The van der Waals surface area contributed by atoms with Crippen LogP contribution in [0, 0.1) is 36.5 Å². The predicted molar refractivity (Wildman–Crippen MR) is 40.4 cm³/mol. The number of hydrogen-bond acceptors (Lipinski definition) is 2. The van der Waals surface area contributed by atoms with Gasteiger partial charge in [-0.1, -0.05) is 0 Å². The molecule has 3 heteroatoms. The molecule has 56 valence electrons. The maximum Gasteiger partial charge on any atom is 2.00 e. The molecule has 0 spiro atoms. The van der Waals surface area contributed by atoms with Gasteiger partial charge in [0.1, 0.15) is 0 Å². The maximum absolute atomic E-state index is 7.78. The van der Waals surface area contributed by atoms with Crippen molar-refractivity contribution in [2.45, 2.75) is 25.7 Å². The Bertz CT molecular complexity index is 105. The van der Waals surface area contributed by atoms with Gasteiger partial charge < -0.3 is 13.8 Å². The quantitative estimate of drug-likeness (QED) is 0.508.